The molecule has 0 bridgehead atoms. The predicted molar refractivity (Wildman–Crippen MR) is 32.4 cm³/mol. The Hall–Kier alpha value is -0.620. The van der Waals surface area contributed by atoms with E-state index in [2.05, 4.69) is 0 Å². The number of carboxylic acids is 1. The first-order chi connectivity index (χ1) is 4.33. The lowest BCUT2D eigenvalue weighted by molar-refractivity contribution is -0.307. The van der Waals surface area contributed by atoms with Crippen molar-refractivity contribution >= 4 is 16.0 Å². The van der Waals surface area contributed by atoms with Gasteiger partial charge >= 0.3 is 0 Å². The van der Waals surface area contributed by atoms with E-state index in [1.54, 1.807) is 0 Å². The normalized spacial score (nSPS) is 14.6. The first-order valence-corrected chi connectivity index (χ1v) is 4.40. The van der Waals surface area contributed by atoms with Crippen molar-refractivity contribution in [2.45, 2.75) is 13.0 Å². The highest BCUT2D eigenvalue weighted by Gasteiger charge is 2.07. The highest BCUT2D eigenvalue weighted by molar-refractivity contribution is 7.88. The van der Waals surface area contributed by atoms with E-state index in [1.807, 2.05) is 4.72 Å². The van der Waals surface area contributed by atoms with Crippen LogP contribution in [0.25, 0.3) is 0 Å². The molecule has 1 atom stereocenters. The summed E-state index contributed by atoms with van der Waals surface area (Å²) in [7, 11) is -3.44. The molecule has 0 heterocycles. The molecule has 0 fully saturated rings. The Morgan fingerprint density at radius 2 is 2.00 bits per heavy atom. The molecule has 0 saturated carbocycles. The number of hydrogen-bond donors (Lipinski definition) is 1. The largest absolute Gasteiger partial charge is 0.548 e. The lowest BCUT2D eigenvalue weighted by atomic mass is 10.4. The van der Waals surface area contributed by atoms with Gasteiger partial charge in [0, 0.05) is 0 Å². The van der Waals surface area contributed by atoms with Crippen LogP contribution in [0.15, 0.2) is 0 Å². The molecule has 0 amide bonds. The van der Waals surface area contributed by atoms with Crippen LogP contribution >= 0.6 is 0 Å². The standard InChI is InChI=1S/C4H9NO4S/c1-3(4(6)7)5-10(2,8)9/h3,5H,1-2H3,(H,6,7)/p-1/t3-/m0/s1. The Balaban J connectivity index is 4.06. The fourth-order valence-electron chi connectivity index (χ4n) is 0.369. The summed E-state index contributed by atoms with van der Waals surface area (Å²) in [6.45, 7) is 1.19. The highest BCUT2D eigenvalue weighted by Crippen LogP contribution is 1.81. The molecule has 60 valence electrons. The van der Waals surface area contributed by atoms with Gasteiger partial charge in [0.1, 0.15) is 0 Å². The number of nitrogens with one attached hydrogen (secondary N) is 1. The van der Waals surface area contributed by atoms with E-state index in [0.29, 0.717) is 0 Å². The molecule has 0 aromatic rings. The van der Waals surface area contributed by atoms with Crippen molar-refractivity contribution in [3.05, 3.63) is 0 Å². The Labute approximate surface area is 59.1 Å². The van der Waals surface area contributed by atoms with Gasteiger partial charge in [-0.25, -0.2) is 13.1 Å². The van der Waals surface area contributed by atoms with Gasteiger partial charge in [0.2, 0.25) is 10.0 Å². The van der Waals surface area contributed by atoms with E-state index in [1.165, 1.54) is 6.92 Å². The summed E-state index contributed by atoms with van der Waals surface area (Å²) in [5.74, 6) is -1.44. The molecule has 0 aliphatic heterocycles. The third-order valence-electron chi connectivity index (χ3n) is 0.744. The van der Waals surface area contributed by atoms with Gasteiger partial charge in [-0.05, 0) is 6.92 Å². The minimum absolute atomic E-state index is 0.881. The molecule has 0 unspecified atom stereocenters. The molecule has 0 rings (SSSR count). The first kappa shape index (κ1) is 9.38. The second kappa shape index (κ2) is 2.98. The van der Waals surface area contributed by atoms with Crippen molar-refractivity contribution in [1.82, 2.24) is 4.72 Å². The quantitative estimate of drug-likeness (QED) is 0.509. The van der Waals surface area contributed by atoms with E-state index >= 15 is 0 Å². The van der Waals surface area contributed by atoms with Crippen LogP contribution in [0, 0.1) is 0 Å². The lowest BCUT2D eigenvalue weighted by Crippen LogP contribution is -2.45. The molecule has 0 radical (unpaired) electrons. The van der Waals surface area contributed by atoms with Crippen molar-refractivity contribution in [1.29, 1.82) is 0 Å². The fraction of sp³-hybridized carbons (Fsp3) is 0.750. The Morgan fingerprint density at radius 1 is 1.60 bits per heavy atom. The van der Waals surface area contributed by atoms with Crippen molar-refractivity contribution < 1.29 is 18.3 Å². The van der Waals surface area contributed by atoms with Gasteiger partial charge in [-0.15, -0.1) is 0 Å². The summed E-state index contributed by atoms with van der Waals surface area (Å²) in [5, 5.41) is 9.94. The van der Waals surface area contributed by atoms with Gasteiger partial charge in [0.15, 0.2) is 0 Å². The highest BCUT2D eigenvalue weighted by atomic mass is 32.2. The molecule has 10 heavy (non-hydrogen) atoms. The Kier molecular flexibility index (Phi) is 2.79. The average molecular weight is 166 g/mol. The van der Waals surface area contributed by atoms with Gasteiger partial charge in [0.25, 0.3) is 0 Å². The van der Waals surface area contributed by atoms with Crippen molar-refractivity contribution in [3.63, 3.8) is 0 Å². The lowest BCUT2D eigenvalue weighted by Gasteiger charge is -2.11. The van der Waals surface area contributed by atoms with Gasteiger partial charge in [0.05, 0.1) is 18.3 Å². The molecule has 0 aliphatic carbocycles. The molecule has 5 nitrogen and oxygen atoms in total. The summed E-state index contributed by atoms with van der Waals surface area (Å²) >= 11 is 0. The minimum Gasteiger partial charge on any atom is -0.548 e. The van der Waals surface area contributed by atoms with Crippen molar-refractivity contribution in [2.24, 2.45) is 0 Å². The van der Waals surface area contributed by atoms with Crippen LogP contribution in [-0.2, 0) is 14.8 Å². The maximum atomic E-state index is 10.3. The number of aliphatic carboxylic acids is 1. The number of rotatable bonds is 3. The third kappa shape index (κ3) is 4.28. The monoisotopic (exact) mass is 166 g/mol. The number of carbonyl (C=O) groups excluding carboxylic acids is 1. The zero-order chi connectivity index (χ0) is 8.36. The maximum absolute atomic E-state index is 10.3. The van der Waals surface area contributed by atoms with Crippen LogP contribution in [0.3, 0.4) is 0 Å². The van der Waals surface area contributed by atoms with E-state index in [0.717, 1.165) is 6.26 Å². The number of sulfonamides is 1. The molecule has 1 N–H and O–H groups in total. The van der Waals surface area contributed by atoms with Crippen LogP contribution in [0.5, 0.6) is 0 Å². The number of carbonyl (C=O) groups is 1. The van der Waals surface area contributed by atoms with Crippen molar-refractivity contribution in [2.75, 3.05) is 6.26 Å². The second-order valence-corrected chi connectivity index (χ2v) is 3.71. The zero-order valence-corrected chi connectivity index (χ0v) is 6.44. The fourth-order valence-corrected chi connectivity index (χ4v) is 1.11. The Morgan fingerprint density at radius 3 is 2.10 bits per heavy atom. The van der Waals surface area contributed by atoms with Crippen LogP contribution < -0.4 is 9.83 Å². The van der Waals surface area contributed by atoms with E-state index in [-0.39, 0.29) is 0 Å². The zero-order valence-electron chi connectivity index (χ0n) is 5.62. The first-order valence-electron chi connectivity index (χ1n) is 2.51. The Bertz CT molecular complexity index is 219. The van der Waals surface area contributed by atoms with Crippen molar-refractivity contribution in [3.8, 4) is 0 Å². The molecule has 0 spiro atoms. The van der Waals surface area contributed by atoms with Crippen LogP contribution in [0.1, 0.15) is 6.92 Å². The minimum atomic E-state index is -3.44. The third-order valence-corrected chi connectivity index (χ3v) is 1.53. The molecule has 6 heteroatoms. The van der Waals surface area contributed by atoms with Crippen LogP contribution in [0.4, 0.5) is 0 Å². The van der Waals surface area contributed by atoms with Gasteiger partial charge in [-0.1, -0.05) is 0 Å². The molecular formula is C4H8NO4S-. The smallest absolute Gasteiger partial charge is 0.209 e. The van der Waals surface area contributed by atoms with E-state index < -0.39 is 22.0 Å². The van der Waals surface area contributed by atoms with E-state index in [4.69, 9.17) is 0 Å². The van der Waals surface area contributed by atoms with Crippen LogP contribution in [-0.4, -0.2) is 26.7 Å². The number of hydrogen-bond acceptors (Lipinski definition) is 4. The molecular weight excluding hydrogens is 158 g/mol. The SMILES string of the molecule is C[C@H](NS(C)(=O)=O)C(=O)[O-]. The van der Waals surface area contributed by atoms with Gasteiger partial charge < -0.3 is 9.90 Å². The summed E-state index contributed by atoms with van der Waals surface area (Å²) < 4.78 is 22.5. The molecule has 0 aromatic carbocycles. The molecule has 0 aromatic heterocycles. The average Bonchev–Trinajstić information content (AvgIpc) is 1.60. The van der Waals surface area contributed by atoms with Gasteiger partial charge in [-0.2, -0.15) is 0 Å². The summed E-state index contributed by atoms with van der Waals surface area (Å²) in [6.07, 6.45) is 0.881. The molecule has 0 aliphatic rings. The van der Waals surface area contributed by atoms with Crippen LogP contribution in [0.2, 0.25) is 0 Å². The van der Waals surface area contributed by atoms with E-state index in [9.17, 15) is 18.3 Å². The summed E-state index contributed by atoms with van der Waals surface area (Å²) in [5.41, 5.74) is 0. The predicted octanol–water partition coefficient (Wildman–Crippen LogP) is -2.33. The second-order valence-electron chi connectivity index (χ2n) is 1.93. The summed E-state index contributed by atoms with van der Waals surface area (Å²) in [4.78, 5) is 9.94. The van der Waals surface area contributed by atoms with Gasteiger partial charge in [-0.3, -0.25) is 0 Å². The number of carboxylic acid groups (broad SMARTS) is 1. The maximum Gasteiger partial charge on any atom is 0.209 e. The molecule has 0 saturated heterocycles. The summed E-state index contributed by atoms with van der Waals surface area (Å²) in [6, 6.07) is -1.17. The topological polar surface area (TPSA) is 86.3 Å².